The summed E-state index contributed by atoms with van der Waals surface area (Å²) in [5.74, 6) is -3.11. The minimum Gasteiger partial charge on any atom is -0.347 e. The van der Waals surface area contributed by atoms with Crippen molar-refractivity contribution < 1.29 is 28.8 Å². The Bertz CT molecular complexity index is 1130. The highest BCUT2D eigenvalue weighted by atomic mass is 16.2. The van der Waals surface area contributed by atoms with Gasteiger partial charge >= 0.3 is 12.1 Å². The molecule has 13 heteroatoms. The van der Waals surface area contributed by atoms with Crippen LogP contribution >= 0.6 is 0 Å². The van der Waals surface area contributed by atoms with Crippen molar-refractivity contribution in [1.82, 2.24) is 36.0 Å². The van der Waals surface area contributed by atoms with Crippen molar-refractivity contribution in [1.29, 1.82) is 0 Å². The van der Waals surface area contributed by atoms with E-state index in [0.29, 0.717) is 26.1 Å². The predicted octanol–water partition coefficient (Wildman–Crippen LogP) is 1.26. The van der Waals surface area contributed by atoms with E-state index in [1.54, 1.807) is 22.9 Å². The van der Waals surface area contributed by atoms with Crippen molar-refractivity contribution in [2.24, 2.45) is 16.7 Å². The average molecular weight is 618 g/mol. The van der Waals surface area contributed by atoms with Gasteiger partial charge in [-0.2, -0.15) is 0 Å². The number of nitrogens with one attached hydrogen (secondary N) is 4. The molecule has 44 heavy (non-hydrogen) atoms. The summed E-state index contributed by atoms with van der Waals surface area (Å²) >= 11 is 0. The highest BCUT2D eigenvalue weighted by molar-refractivity contribution is 6.37. The Balaban J connectivity index is 2.19. The highest BCUT2D eigenvalue weighted by Gasteiger charge is 2.45. The Labute approximate surface area is 261 Å². The van der Waals surface area contributed by atoms with Crippen LogP contribution in [0.25, 0.3) is 0 Å². The quantitative estimate of drug-likeness (QED) is 0.191. The van der Waals surface area contributed by atoms with E-state index in [0.717, 1.165) is 6.42 Å². The Morgan fingerprint density at radius 1 is 0.955 bits per heavy atom. The molecule has 2 aliphatic rings. The van der Waals surface area contributed by atoms with Gasteiger partial charge in [0.25, 0.3) is 5.91 Å². The van der Waals surface area contributed by atoms with E-state index in [-0.39, 0.29) is 25.0 Å². The van der Waals surface area contributed by atoms with Gasteiger partial charge < -0.3 is 36.0 Å². The molecule has 0 spiro atoms. The van der Waals surface area contributed by atoms with E-state index in [1.807, 2.05) is 41.5 Å². The number of likely N-dealkylation sites (tertiary alicyclic amines) is 1. The highest BCUT2D eigenvalue weighted by Crippen LogP contribution is 2.30. The Morgan fingerprint density at radius 2 is 1.61 bits per heavy atom. The molecule has 2 saturated heterocycles. The third-order valence-corrected chi connectivity index (χ3v) is 8.04. The average Bonchev–Trinajstić information content (AvgIpc) is 3.38. The molecule has 0 bridgehead atoms. The monoisotopic (exact) mass is 617 g/mol. The van der Waals surface area contributed by atoms with Gasteiger partial charge in [0.15, 0.2) is 0 Å². The zero-order chi connectivity index (χ0) is 33.4. The lowest BCUT2D eigenvalue weighted by Crippen LogP contribution is -2.62. The summed E-state index contributed by atoms with van der Waals surface area (Å²) in [5.41, 5.74) is -1.13. The van der Waals surface area contributed by atoms with Crippen LogP contribution in [0.1, 0.15) is 54.4 Å². The number of nitrogens with zero attached hydrogens (tertiary/aromatic N) is 3. The standard InChI is InChI=1S/C31H51N7O6/c1-10-14-32-25(40)21(39)18-33-26(41)23-20(11-2)13-17-38(23)27(42)24(31(6,7)8)35-28(43)34-22(30(3,4)5)19-37-16-12-15-36(9)29(37)44/h10-11,20,22-24H,1-2,12-19H2,3-9H3,(H,32,40)(H,33,41)(H2,34,35,43)/t20?,22-,23+,24-/m1/s1. The van der Waals surface area contributed by atoms with E-state index in [9.17, 15) is 28.8 Å². The molecule has 0 radical (unpaired) electrons. The second-order valence-corrected chi connectivity index (χ2v) is 13.6. The Kier molecular flexibility index (Phi) is 12.5. The SMILES string of the molecule is C=CCNC(=O)C(=O)CNC(=O)[C@@H]1C(C=C)CCN1C(=O)[C@@H](NC(=O)N[C@H](CN1CCCN(C)C1=O)C(C)(C)C)C(C)(C)C. The molecule has 2 aliphatic heterocycles. The van der Waals surface area contributed by atoms with Gasteiger partial charge in [-0.25, -0.2) is 9.59 Å². The summed E-state index contributed by atoms with van der Waals surface area (Å²) in [6, 6.07) is -3.04. The van der Waals surface area contributed by atoms with Crippen LogP contribution in [-0.2, 0) is 19.2 Å². The molecule has 246 valence electrons. The van der Waals surface area contributed by atoms with Crippen LogP contribution in [0, 0.1) is 16.7 Å². The van der Waals surface area contributed by atoms with Crippen LogP contribution in [-0.4, -0.2) is 115 Å². The molecule has 0 aromatic rings. The third kappa shape index (κ3) is 9.55. The van der Waals surface area contributed by atoms with Crippen LogP contribution in [0.15, 0.2) is 25.3 Å². The Morgan fingerprint density at radius 3 is 2.18 bits per heavy atom. The van der Waals surface area contributed by atoms with Crippen LogP contribution in [0.2, 0.25) is 0 Å². The summed E-state index contributed by atoms with van der Waals surface area (Å²) < 4.78 is 0. The molecule has 0 aliphatic carbocycles. The number of urea groups is 2. The molecule has 0 aromatic carbocycles. The number of hydrogen-bond donors (Lipinski definition) is 4. The van der Waals surface area contributed by atoms with Crippen molar-refractivity contribution in [2.75, 3.05) is 46.3 Å². The van der Waals surface area contributed by atoms with Crippen LogP contribution in [0.5, 0.6) is 0 Å². The van der Waals surface area contributed by atoms with E-state index in [1.165, 1.54) is 11.0 Å². The molecule has 0 aromatic heterocycles. The lowest BCUT2D eigenvalue weighted by atomic mass is 9.85. The van der Waals surface area contributed by atoms with Crippen LogP contribution in [0.3, 0.4) is 0 Å². The van der Waals surface area contributed by atoms with Crippen molar-refractivity contribution in [3.8, 4) is 0 Å². The van der Waals surface area contributed by atoms with Crippen LogP contribution < -0.4 is 21.3 Å². The predicted molar refractivity (Wildman–Crippen MR) is 167 cm³/mol. The van der Waals surface area contributed by atoms with Gasteiger partial charge in [-0.15, -0.1) is 13.2 Å². The van der Waals surface area contributed by atoms with Crippen molar-refractivity contribution >= 4 is 35.6 Å². The smallest absolute Gasteiger partial charge is 0.319 e. The lowest BCUT2D eigenvalue weighted by Gasteiger charge is -2.40. The second kappa shape index (κ2) is 15.2. The zero-order valence-corrected chi connectivity index (χ0v) is 27.3. The van der Waals surface area contributed by atoms with Crippen molar-refractivity contribution in [3.63, 3.8) is 0 Å². The fraction of sp³-hybridized carbons (Fsp3) is 0.677. The number of rotatable bonds is 12. The van der Waals surface area contributed by atoms with E-state index >= 15 is 0 Å². The minimum atomic E-state index is -1.00. The van der Waals surface area contributed by atoms with E-state index in [2.05, 4.69) is 34.4 Å². The first kappa shape index (κ1) is 36.3. The normalized spacial score (nSPS) is 20.3. The second-order valence-electron chi connectivity index (χ2n) is 13.6. The number of Topliss-reactive ketones (excluding diaryl/α,β-unsaturated/α-hetero) is 1. The number of hydrogen-bond acceptors (Lipinski definition) is 6. The lowest BCUT2D eigenvalue weighted by molar-refractivity contribution is -0.143. The minimum absolute atomic E-state index is 0.0929. The molecule has 7 amide bonds. The topological polar surface area (TPSA) is 160 Å². The molecule has 4 N–H and O–H groups in total. The van der Waals surface area contributed by atoms with Gasteiger partial charge in [-0.05, 0) is 23.7 Å². The maximum absolute atomic E-state index is 14.0. The largest absolute Gasteiger partial charge is 0.347 e. The first-order valence-electron chi connectivity index (χ1n) is 15.1. The van der Waals surface area contributed by atoms with Crippen molar-refractivity contribution in [2.45, 2.75) is 72.5 Å². The number of carbonyl (C=O) groups excluding carboxylic acids is 6. The molecule has 2 fully saturated rings. The molecule has 4 atom stereocenters. The molecular formula is C31H51N7O6. The Hall–Kier alpha value is -3.90. The first-order valence-corrected chi connectivity index (χ1v) is 15.1. The molecule has 2 rings (SSSR count). The fourth-order valence-corrected chi connectivity index (χ4v) is 5.26. The van der Waals surface area contributed by atoms with Crippen LogP contribution in [0.4, 0.5) is 9.59 Å². The van der Waals surface area contributed by atoms with Gasteiger partial charge in [0.1, 0.15) is 12.1 Å². The van der Waals surface area contributed by atoms with Gasteiger partial charge in [-0.1, -0.05) is 53.7 Å². The first-order chi connectivity index (χ1) is 20.4. The maximum Gasteiger partial charge on any atom is 0.319 e. The number of amides is 7. The summed E-state index contributed by atoms with van der Waals surface area (Å²) in [6.45, 7) is 20.1. The molecule has 0 saturated carbocycles. The van der Waals surface area contributed by atoms with Gasteiger partial charge in [0, 0.05) is 45.7 Å². The molecule has 13 nitrogen and oxygen atoms in total. The summed E-state index contributed by atoms with van der Waals surface area (Å²) in [4.78, 5) is 82.3. The summed E-state index contributed by atoms with van der Waals surface area (Å²) in [6.07, 6.45) is 4.32. The number of ketones is 1. The zero-order valence-electron chi connectivity index (χ0n) is 27.3. The molecule has 1 unspecified atom stereocenters. The maximum atomic E-state index is 14.0. The summed E-state index contributed by atoms with van der Waals surface area (Å²) in [7, 11) is 1.75. The van der Waals surface area contributed by atoms with Crippen molar-refractivity contribution in [3.05, 3.63) is 25.3 Å². The summed E-state index contributed by atoms with van der Waals surface area (Å²) in [5, 5.41) is 10.7. The van der Waals surface area contributed by atoms with Gasteiger partial charge in [0.2, 0.25) is 17.6 Å². The van der Waals surface area contributed by atoms with E-state index in [4.69, 9.17) is 0 Å². The molecule has 2 heterocycles. The fourth-order valence-electron chi connectivity index (χ4n) is 5.26. The third-order valence-electron chi connectivity index (χ3n) is 8.04. The van der Waals surface area contributed by atoms with Gasteiger partial charge in [-0.3, -0.25) is 19.2 Å². The molecular weight excluding hydrogens is 566 g/mol. The van der Waals surface area contributed by atoms with E-state index < -0.39 is 65.0 Å². The number of carbonyl (C=O) groups is 6. The van der Waals surface area contributed by atoms with Gasteiger partial charge in [0.05, 0.1) is 12.6 Å².